The van der Waals surface area contributed by atoms with Gasteiger partial charge in [-0.25, -0.2) is 5.43 Å². The zero-order valence-electron chi connectivity index (χ0n) is 16.2. The fraction of sp³-hybridized carbons (Fsp3) is 0.273. The van der Waals surface area contributed by atoms with E-state index in [0.29, 0.717) is 30.3 Å². The second-order valence-corrected chi connectivity index (χ2v) is 7.33. The molecule has 0 aromatic heterocycles. The van der Waals surface area contributed by atoms with Crippen molar-refractivity contribution in [3.63, 3.8) is 0 Å². The molecule has 0 saturated heterocycles. The molecule has 0 aliphatic carbocycles. The number of nitrogens with one attached hydrogen (secondary N) is 1. The first kappa shape index (κ1) is 18.1. The molecule has 0 saturated carbocycles. The van der Waals surface area contributed by atoms with Crippen LogP contribution in [0.25, 0.3) is 0 Å². The lowest BCUT2D eigenvalue weighted by Crippen LogP contribution is -2.23. The monoisotopic (exact) mass is 377 g/mol. The molecule has 6 heteroatoms. The van der Waals surface area contributed by atoms with Crippen molar-refractivity contribution in [1.82, 2.24) is 5.43 Å². The molecule has 1 amide bonds. The minimum absolute atomic E-state index is 0.128. The molecular formula is C22H23N3O3. The number of anilines is 1. The van der Waals surface area contributed by atoms with Gasteiger partial charge < -0.3 is 14.4 Å². The van der Waals surface area contributed by atoms with Crippen molar-refractivity contribution in [2.24, 2.45) is 5.10 Å². The number of carbonyl (C=O) groups excluding carboxylic acids is 1. The summed E-state index contributed by atoms with van der Waals surface area (Å²) in [7, 11) is 2.04. The standard InChI is InChI=1S/C22H23N3O3/c1-22(2)16-6-4-5-7-17(16)25(3)20(22)10-11-23-24-21(26)15-8-9-18-19(14-15)28-13-12-27-18/h4-11,14H,12-13H2,1-3H3,(H,24,26)/b20-10+,23-11+. The molecule has 2 aromatic rings. The van der Waals surface area contributed by atoms with E-state index >= 15 is 0 Å². The molecule has 0 bridgehead atoms. The van der Waals surface area contributed by atoms with E-state index in [4.69, 9.17) is 9.47 Å². The van der Waals surface area contributed by atoms with E-state index in [1.807, 2.05) is 19.2 Å². The lowest BCUT2D eigenvalue weighted by Gasteiger charge is -2.23. The smallest absolute Gasteiger partial charge is 0.271 e. The van der Waals surface area contributed by atoms with Crippen LogP contribution >= 0.6 is 0 Å². The van der Waals surface area contributed by atoms with Gasteiger partial charge in [0.25, 0.3) is 5.91 Å². The van der Waals surface area contributed by atoms with Gasteiger partial charge in [-0.3, -0.25) is 4.79 Å². The number of nitrogens with zero attached hydrogens (tertiary/aromatic N) is 2. The van der Waals surface area contributed by atoms with Gasteiger partial charge in [0.1, 0.15) is 13.2 Å². The number of fused-ring (bicyclic) bond motifs is 2. The summed E-state index contributed by atoms with van der Waals surface area (Å²) < 4.78 is 11.0. The maximum atomic E-state index is 12.3. The topological polar surface area (TPSA) is 63.2 Å². The van der Waals surface area contributed by atoms with E-state index in [1.165, 1.54) is 11.3 Å². The van der Waals surface area contributed by atoms with Crippen LogP contribution in [0.2, 0.25) is 0 Å². The van der Waals surface area contributed by atoms with Crippen LogP contribution in [0.4, 0.5) is 5.69 Å². The third-order valence-corrected chi connectivity index (χ3v) is 5.22. The Labute approximate surface area is 164 Å². The molecule has 6 nitrogen and oxygen atoms in total. The molecule has 2 aromatic carbocycles. The summed E-state index contributed by atoms with van der Waals surface area (Å²) in [5, 5.41) is 4.09. The Kier molecular flexibility index (Phi) is 4.55. The van der Waals surface area contributed by atoms with Crippen LogP contribution in [0.1, 0.15) is 29.8 Å². The SMILES string of the molecule is CN1/C(=C/C=N/NC(=O)c2ccc3c(c2)OCCO3)C(C)(C)c2ccccc21. The maximum absolute atomic E-state index is 12.3. The minimum atomic E-state index is -0.297. The fourth-order valence-corrected chi connectivity index (χ4v) is 3.75. The Bertz CT molecular complexity index is 979. The molecule has 28 heavy (non-hydrogen) atoms. The first-order valence-electron chi connectivity index (χ1n) is 9.25. The molecule has 0 fully saturated rings. The number of hydrazone groups is 1. The first-order valence-corrected chi connectivity index (χ1v) is 9.25. The summed E-state index contributed by atoms with van der Waals surface area (Å²) in [6.45, 7) is 5.37. The predicted molar refractivity (Wildman–Crippen MR) is 109 cm³/mol. The Morgan fingerprint density at radius 3 is 2.68 bits per heavy atom. The number of benzene rings is 2. The van der Waals surface area contributed by atoms with E-state index < -0.39 is 0 Å². The van der Waals surface area contributed by atoms with Gasteiger partial charge >= 0.3 is 0 Å². The van der Waals surface area contributed by atoms with Gasteiger partial charge in [0.2, 0.25) is 0 Å². The lowest BCUT2D eigenvalue weighted by atomic mass is 9.84. The zero-order chi connectivity index (χ0) is 19.7. The number of hydrogen-bond acceptors (Lipinski definition) is 5. The van der Waals surface area contributed by atoms with Crippen molar-refractivity contribution < 1.29 is 14.3 Å². The Morgan fingerprint density at radius 2 is 1.89 bits per heavy atom. The molecule has 0 radical (unpaired) electrons. The molecule has 2 heterocycles. The van der Waals surface area contributed by atoms with Crippen molar-refractivity contribution in [3.05, 3.63) is 65.4 Å². The average Bonchev–Trinajstić information content (AvgIpc) is 2.91. The normalized spacial score (nSPS) is 18.4. The van der Waals surface area contributed by atoms with Crippen molar-refractivity contribution in [2.75, 3.05) is 25.2 Å². The van der Waals surface area contributed by atoms with Crippen molar-refractivity contribution >= 4 is 17.8 Å². The maximum Gasteiger partial charge on any atom is 0.271 e. The highest BCUT2D eigenvalue weighted by atomic mass is 16.6. The molecule has 0 atom stereocenters. The fourth-order valence-electron chi connectivity index (χ4n) is 3.75. The second-order valence-electron chi connectivity index (χ2n) is 7.33. The van der Waals surface area contributed by atoms with Gasteiger partial charge in [0.05, 0.1) is 0 Å². The number of rotatable bonds is 3. The Hall–Kier alpha value is -3.28. The van der Waals surface area contributed by atoms with Crippen LogP contribution in [0.5, 0.6) is 11.5 Å². The van der Waals surface area contributed by atoms with Crippen LogP contribution in [0.15, 0.2) is 59.3 Å². The van der Waals surface area contributed by atoms with Crippen LogP contribution < -0.4 is 19.8 Å². The van der Waals surface area contributed by atoms with Gasteiger partial charge in [-0.2, -0.15) is 5.10 Å². The number of ether oxygens (including phenoxy) is 2. The summed E-state index contributed by atoms with van der Waals surface area (Å²) >= 11 is 0. The third-order valence-electron chi connectivity index (χ3n) is 5.22. The minimum Gasteiger partial charge on any atom is -0.486 e. The summed E-state index contributed by atoms with van der Waals surface area (Å²) in [5.41, 5.74) is 6.49. The van der Waals surface area contributed by atoms with Crippen LogP contribution in [0.3, 0.4) is 0 Å². The number of para-hydroxylation sites is 1. The molecule has 2 aliphatic rings. The number of likely N-dealkylation sites (N-methyl/N-ethyl adjacent to an activating group) is 1. The summed E-state index contributed by atoms with van der Waals surface area (Å²) in [6, 6.07) is 13.5. The molecular weight excluding hydrogens is 354 g/mol. The number of hydrogen-bond donors (Lipinski definition) is 1. The quantitative estimate of drug-likeness (QED) is 0.657. The van der Waals surface area contributed by atoms with Gasteiger partial charge in [-0.15, -0.1) is 0 Å². The lowest BCUT2D eigenvalue weighted by molar-refractivity contribution is 0.0954. The molecule has 144 valence electrons. The van der Waals surface area contributed by atoms with E-state index in [1.54, 1.807) is 24.4 Å². The van der Waals surface area contributed by atoms with Crippen molar-refractivity contribution in [1.29, 1.82) is 0 Å². The van der Waals surface area contributed by atoms with Crippen LogP contribution in [-0.4, -0.2) is 32.4 Å². The van der Waals surface area contributed by atoms with E-state index in [0.717, 1.165) is 5.70 Å². The Morgan fingerprint density at radius 1 is 1.14 bits per heavy atom. The molecule has 4 rings (SSSR count). The molecule has 2 aliphatic heterocycles. The van der Waals surface area contributed by atoms with Crippen LogP contribution in [-0.2, 0) is 5.41 Å². The highest BCUT2D eigenvalue weighted by Crippen LogP contribution is 2.46. The highest BCUT2D eigenvalue weighted by molar-refractivity contribution is 5.95. The number of carbonyl (C=O) groups is 1. The van der Waals surface area contributed by atoms with E-state index in [9.17, 15) is 4.79 Å². The largest absolute Gasteiger partial charge is 0.486 e. The van der Waals surface area contributed by atoms with Crippen molar-refractivity contribution in [3.8, 4) is 11.5 Å². The van der Waals surface area contributed by atoms with Crippen molar-refractivity contribution in [2.45, 2.75) is 19.3 Å². The number of amides is 1. The second kappa shape index (κ2) is 7.03. The first-order chi connectivity index (χ1) is 13.5. The van der Waals surface area contributed by atoms with Gasteiger partial charge in [-0.05, 0) is 35.9 Å². The Balaban J connectivity index is 1.46. The van der Waals surface area contributed by atoms with Gasteiger partial charge in [0.15, 0.2) is 11.5 Å². The summed E-state index contributed by atoms with van der Waals surface area (Å²) in [5.74, 6) is 0.938. The predicted octanol–water partition coefficient (Wildman–Crippen LogP) is 3.48. The molecule has 0 unspecified atom stereocenters. The van der Waals surface area contributed by atoms with Gasteiger partial charge in [-0.1, -0.05) is 32.0 Å². The third kappa shape index (κ3) is 3.11. The summed E-state index contributed by atoms with van der Waals surface area (Å²) in [6.07, 6.45) is 3.56. The van der Waals surface area contributed by atoms with E-state index in [2.05, 4.69) is 47.5 Å². The average molecular weight is 377 g/mol. The highest BCUT2D eigenvalue weighted by Gasteiger charge is 2.37. The summed E-state index contributed by atoms with van der Waals surface area (Å²) in [4.78, 5) is 14.5. The number of allylic oxidation sites excluding steroid dienone is 2. The molecule has 1 N–H and O–H groups in total. The zero-order valence-corrected chi connectivity index (χ0v) is 16.2. The van der Waals surface area contributed by atoms with Crippen LogP contribution in [0, 0.1) is 0 Å². The van der Waals surface area contributed by atoms with Gasteiger partial charge in [0, 0.05) is 35.6 Å². The van der Waals surface area contributed by atoms with E-state index in [-0.39, 0.29) is 11.3 Å². The molecule has 0 spiro atoms.